The van der Waals surface area contributed by atoms with Gasteiger partial charge in [0.2, 0.25) is 5.13 Å². The number of aromatic nitrogens is 2. The highest BCUT2D eigenvalue weighted by molar-refractivity contribution is 7.09. The van der Waals surface area contributed by atoms with E-state index in [0.717, 1.165) is 43.2 Å². The van der Waals surface area contributed by atoms with Crippen LogP contribution in [-0.4, -0.2) is 27.0 Å². The third kappa shape index (κ3) is 6.89. The molecule has 0 amide bonds. The van der Waals surface area contributed by atoms with E-state index in [9.17, 15) is 4.79 Å². The van der Waals surface area contributed by atoms with E-state index in [1.807, 2.05) is 0 Å². The highest BCUT2D eigenvalue weighted by Crippen LogP contribution is 2.32. The Morgan fingerprint density at radius 2 is 2.10 bits per heavy atom. The van der Waals surface area contributed by atoms with Gasteiger partial charge in [0, 0.05) is 30.9 Å². The van der Waals surface area contributed by atoms with Crippen LogP contribution in [0.5, 0.6) is 0 Å². The fraction of sp³-hybridized carbons (Fsp3) is 0.800. The van der Waals surface area contributed by atoms with Gasteiger partial charge in [0.1, 0.15) is 5.82 Å². The predicted molar refractivity (Wildman–Crippen MR) is 86.8 cm³/mol. The fourth-order valence-corrected chi connectivity index (χ4v) is 2.95. The molecule has 0 spiro atoms. The van der Waals surface area contributed by atoms with Crippen LogP contribution in [0.3, 0.4) is 0 Å². The van der Waals surface area contributed by atoms with Gasteiger partial charge in [-0.3, -0.25) is 4.79 Å². The molecule has 0 fully saturated rings. The summed E-state index contributed by atoms with van der Waals surface area (Å²) in [6, 6.07) is 0. The largest absolute Gasteiger partial charge is 0.481 e. The number of nitrogens with zero attached hydrogens (tertiary/aromatic N) is 2. The molecule has 1 rings (SSSR count). The van der Waals surface area contributed by atoms with Crippen molar-refractivity contribution in [1.29, 1.82) is 0 Å². The van der Waals surface area contributed by atoms with Gasteiger partial charge in [0.25, 0.3) is 0 Å². The molecule has 120 valence electrons. The molecule has 0 saturated carbocycles. The quantitative estimate of drug-likeness (QED) is 0.725. The van der Waals surface area contributed by atoms with Crippen molar-refractivity contribution in [3.63, 3.8) is 0 Å². The van der Waals surface area contributed by atoms with Crippen LogP contribution < -0.4 is 5.32 Å². The lowest BCUT2D eigenvalue weighted by atomic mass is 9.76. The van der Waals surface area contributed by atoms with Crippen molar-refractivity contribution in [2.45, 2.75) is 59.8 Å². The van der Waals surface area contributed by atoms with Gasteiger partial charge in [-0.05, 0) is 30.6 Å². The molecule has 1 aromatic rings. The summed E-state index contributed by atoms with van der Waals surface area (Å²) in [7, 11) is 0. The summed E-state index contributed by atoms with van der Waals surface area (Å²) in [5.74, 6) is 0.568. The van der Waals surface area contributed by atoms with Gasteiger partial charge in [-0.2, -0.15) is 4.37 Å². The summed E-state index contributed by atoms with van der Waals surface area (Å²) in [6.07, 6.45) is 3.87. The lowest BCUT2D eigenvalue weighted by molar-refractivity contribution is -0.137. The first-order chi connectivity index (χ1) is 9.82. The zero-order valence-electron chi connectivity index (χ0n) is 13.5. The first-order valence-corrected chi connectivity index (χ1v) is 8.38. The van der Waals surface area contributed by atoms with Crippen LogP contribution in [0.4, 0.5) is 5.13 Å². The molecule has 0 radical (unpaired) electrons. The molecular weight excluding hydrogens is 286 g/mol. The van der Waals surface area contributed by atoms with Crippen molar-refractivity contribution in [3.05, 3.63) is 5.82 Å². The molecule has 1 atom stereocenters. The van der Waals surface area contributed by atoms with E-state index >= 15 is 0 Å². The standard InChI is InChI=1S/C15H27N3O2S/c1-5-6-12-17-14(21-18-12)16-10-9-11(15(2,3)4)7-8-13(19)20/h11H,5-10H2,1-4H3,(H,19,20)(H,16,17,18). The Kier molecular flexibility index (Phi) is 7.08. The topological polar surface area (TPSA) is 75.1 Å². The molecule has 1 heterocycles. The number of rotatable bonds is 9. The van der Waals surface area contributed by atoms with Crippen LogP contribution in [-0.2, 0) is 11.2 Å². The van der Waals surface area contributed by atoms with Crippen molar-refractivity contribution >= 4 is 22.6 Å². The summed E-state index contributed by atoms with van der Waals surface area (Å²) < 4.78 is 4.30. The molecule has 0 aliphatic rings. The number of carboxylic acids is 1. The average molecular weight is 313 g/mol. The molecule has 1 aromatic heterocycles. The number of carboxylic acid groups (broad SMARTS) is 1. The highest BCUT2D eigenvalue weighted by atomic mass is 32.1. The van der Waals surface area contributed by atoms with Crippen LogP contribution >= 0.6 is 11.5 Å². The third-order valence-corrected chi connectivity index (χ3v) is 4.35. The Morgan fingerprint density at radius 3 is 2.67 bits per heavy atom. The number of hydrogen-bond acceptors (Lipinski definition) is 5. The Balaban J connectivity index is 2.43. The first kappa shape index (κ1) is 17.9. The molecule has 1 unspecified atom stereocenters. The molecule has 2 N–H and O–H groups in total. The number of anilines is 1. The molecule has 0 bridgehead atoms. The normalized spacial score (nSPS) is 13.1. The number of aliphatic carboxylic acids is 1. The Morgan fingerprint density at radius 1 is 1.38 bits per heavy atom. The van der Waals surface area contributed by atoms with Crippen molar-refractivity contribution in [2.24, 2.45) is 11.3 Å². The molecule has 6 heteroatoms. The van der Waals surface area contributed by atoms with Gasteiger partial charge < -0.3 is 10.4 Å². The third-order valence-electron chi connectivity index (χ3n) is 3.64. The summed E-state index contributed by atoms with van der Waals surface area (Å²) in [6.45, 7) is 9.43. The second-order valence-corrected chi connectivity index (χ2v) is 7.23. The van der Waals surface area contributed by atoms with Crippen LogP contribution in [0.1, 0.15) is 59.2 Å². The minimum atomic E-state index is -0.717. The summed E-state index contributed by atoms with van der Waals surface area (Å²) in [5, 5.41) is 13.0. The molecule has 0 aliphatic carbocycles. The highest BCUT2D eigenvalue weighted by Gasteiger charge is 2.24. The van der Waals surface area contributed by atoms with E-state index < -0.39 is 5.97 Å². The monoisotopic (exact) mass is 313 g/mol. The Bertz CT molecular complexity index is 440. The van der Waals surface area contributed by atoms with Crippen molar-refractivity contribution in [3.8, 4) is 0 Å². The van der Waals surface area contributed by atoms with Crippen molar-refractivity contribution < 1.29 is 9.90 Å². The number of carbonyl (C=O) groups is 1. The smallest absolute Gasteiger partial charge is 0.303 e. The van der Waals surface area contributed by atoms with E-state index in [-0.39, 0.29) is 11.8 Å². The summed E-state index contributed by atoms with van der Waals surface area (Å²) in [4.78, 5) is 15.2. The minimum absolute atomic E-state index is 0.117. The maximum Gasteiger partial charge on any atom is 0.303 e. The minimum Gasteiger partial charge on any atom is -0.481 e. The van der Waals surface area contributed by atoms with Gasteiger partial charge in [-0.25, -0.2) is 4.98 Å². The first-order valence-electron chi connectivity index (χ1n) is 7.61. The number of hydrogen-bond donors (Lipinski definition) is 2. The van der Waals surface area contributed by atoms with Crippen LogP contribution in [0, 0.1) is 11.3 Å². The SMILES string of the molecule is CCCc1nsc(NCCC(CCC(=O)O)C(C)(C)C)n1. The zero-order chi connectivity index (χ0) is 15.9. The average Bonchev–Trinajstić information content (AvgIpc) is 2.80. The van der Waals surface area contributed by atoms with Crippen LogP contribution in [0.15, 0.2) is 0 Å². The lowest BCUT2D eigenvalue weighted by Gasteiger charge is -2.30. The maximum atomic E-state index is 10.8. The second-order valence-electron chi connectivity index (χ2n) is 6.48. The second kappa shape index (κ2) is 8.32. The van der Waals surface area contributed by atoms with E-state index in [0.29, 0.717) is 5.92 Å². The van der Waals surface area contributed by atoms with E-state index in [1.54, 1.807) is 0 Å². The van der Waals surface area contributed by atoms with E-state index in [2.05, 4.69) is 42.4 Å². The van der Waals surface area contributed by atoms with Gasteiger partial charge in [0.05, 0.1) is 0 Å². The zero-order valence-corrected chi connectivity index (χ0v) is 14.3. The predicted octanol–water partition coefficient (Wildman–Crippen LogP) is 3.82. The maximum absolute atomic E-state index is 10.8. The molecule has 5 nitrogen and oxygen atoms in total. The van der Waals surface area contributed by atoms with Gasteiger partial charge in [0.15, 0.2) is 0 Å². The molecule has 0 saturated heterocycles. The Labute approximate surface area is 131 Å². The fourth-order valence-electron chi connectivity index (χ4n) is 2.31. The van der Waals surface area contributed by atoms with Gasteiger partial charge in [-0.15, -0.1) is 0 Å². The molecule has 0 aliphatic heterocycles. The Hall–Kier alpha value is -1.17. The van der Waals surface area contributed by atoms with Crippen LogP contribution in [0.25, 0.3) is 0 Å². The van der Waals surface area contributed by atoms with E-state index in [4.69, 9.17) is 5.11 Å². The van der Waals surface area contributed by atoms with E-state index in [1.165, 1.54) is 11.5 Å². The van der Waals surface area contributed by atoms with Gasteiger partial charge in [-0.1, -0.05) is 27.7 Å². The number of nitrogens with one attached hydrogen (secondary N) is 1. The van der Waals surface area contributed by atoms with Crippen molar-refractivity contribution in [1.82, 2.24) is 9.36 Å². The van der Waals surface area contributed by atoms with Gasteiger partial charge >= 0.3 is 5.97 Å². The summed E-state index contributed by atoms with van der Waals surface area (Å²) >= 11 is 1.40. The van der Waals surface area contributed by atoms with Crippen LogP contribution in [0.2, 0.25) is 0 Å². The molecule has 21 heavy (non-hydrogen) atoms. The summed E-state index contributed by atoms with van der Waals surface area (Å²) in [5.41, 5.74) is 0.117. The lowest BCUT2D eigenvalue weighted by Crippen LogP contribution is -2.24. The molecular formula is C15H27N3O2S. The molecule has 0 aromatic carbocycles. The number of aryl methyl sites for hydroxylation is 1. The van der Waals surface area contributed by atoms with Crippen molar-refractivity contribution in [2.75, 3.05) is 11.9 Å².